The number of thiazole rings is 1. The van der Waals surface area contributed by atoms with Crippen LogP contribution in [0.3, 0.4) is 0 Å². The van der Waals surface area contributed by atoms with Crippen LogP contribution in [-0.4, -0.2) is 29.5 Å². The fraction of sp³-hybridized carbons (Fsp3) is 0.429. The molecule has 1 aliphatic heterocycles. The van der Waals surface area contributed by atoms with Gasteiger partial charge in [-0.2, -0.15) is 0 Å². The second-order valence-electron chi connectivity index (χ2n) is 5.19. The molecule has 0 bridgehead atoms. The van der Waals surface area contributed by atoms with E-state index in [2.05, 4.69) is 38.5 Å². The Kier molecular flexibility index (Phi) is 6.40. The van der Waals surface area contributed by atoms with Gasteiger partial charge in [0.15, 0.2) is 0 Å². The molecule has 1 fully saturated rings. The van der Waals surface area contributed by atoms with Gasteiger partial charge in [0.25, 0.3) is 5.91 Å². The highest BCUT2D eigenvalue weighted by Gasteiger charge is 2.21. The minimum absolute atomic E-state index is 0. The highest BCUT2D eigenvalue weighted by Crippen LogP contribution is 2.33. The van der Waals surface area contributed by atoms with Crippen molar-refractivity contribution in [2.75, 3.05) is 6.54 Å². The zero-order chi connectivity index (χ0) is 14.8. The summed E-state index contributed by atoms with van der Waals surface area (Å²) in [5.74, 6) is -0.0628. The number of hydrogen-bond donors (Lipinski definition) is 2. The summed E-state index contributed by atoms with van der Waals surface area (Å²) in [5.41, 5.74) is 0.519. The topological polar surface area (TPSA) is 54.0 Å². The Morgan fingerprint density at radius 2 is 2.32 bits per heavy atom. The van der Waals surface area contributed by atoms with Gasteiger partial charge in [0.05, 0.1) is 8.66 Å². The maximum atomic E-state index is 12.3. The molecule has 2 N–H and O–H groups in total. The number of aromatic nitrogens is 1. The smallest absolute Gasteiger partial charge is 0.270 e. The highest BCUT2D eigenvalue weighted by molar-refractivity contribution is 9.11. The van der Waals surface area contributed by atoms with Gasteiger partial charge in [-0.25, -0.2) is 4.98 Å². The lowest BCUT2D eigenvalue weighted by molar-refractivity contribution is 0.0921. The molecule has 8 heteroatoms. The molecule has 3 rings (SSSR count). The Morgan fingerprint density at radius 3 is 3.00 bits per heavy atom. The molecule has 1 amide bonds. The third-order valence-electron chi connectivity index (χ3n) is 3.48. The second kappa shape index (κ2) is 7.88. The first-order valence-electron chi connectivity index (χ1n) is 6.87. The molecule has 4 nitrogen and oxygen atoms in total. The molecule has 1 saturated heterocycles. The molecule has 0 spiro atoms. The van der Waals surface area contributed by atoms with Gasteiger partial charge >= 0.3 is 0 Å². The Hall–Kier alpha value is -0.470. The van der Waals surface area contributed by atoms with Crippen LogP contribution in [0, 0.1) is 0 Å². The van der Waals surface area contributed by atoms with Gasteiger partial charge in [-0.1, -0.05) is 0 Å². The first-order chi connectivity index (χ1) is 10.1. The predicted octanol–water partition coefficient (Wildman–Crippen LogP) is 3.93. The number of nitrogens with zero attached hydrogens (tertiary/aromatic N) is 1. The molecule has 0 saturated carbocycles. The van der Waals surface area contributed by atoms with Gasteiger partial charge in [-0.05, 0) is 54.4 Å². The normalized spacial score (nSPS) is 21.2. The number of halogens is 2. The third-order valence-corrected chi connectivity index (χ3v) is 6.11. The van der Waals surface area contributed by atoms with Crippen molar-refractivity contribution in [3.05, 3.63) is 27.0 Å². The van der Waals surface area contributed by atoms with E-state index in [0.717, 1.165) is 33.1 Å². The Morgan fingerprint density at radius 1 is 1.50 bits per heavy atom. The van der Waals surface area contributed by atoms with Crippen molar-refractivity contribution in [3.8, 4) is 9.88 Å². The average Bonchev–Trinajstić information content (AvgIpc) is 3.07. The van der Waals surface area contributed by atoms with Crippen LogP contribution in [0.2, 0.25) is 0 Å². The van der Waals surface area contributed by atoms with Gasteiger partial charge < -0.3 is 10.6 Å². The third kappa shape index (κ3) is 4.29. The van der Waals surface area contributed by atoms with Crippen LogP contribution in [0.4, 0.5) is 0 Å². The van der Waals surface area contributed by atoms with E-state index in [1.165, 1.54) is 11.3 Å². The predicted molar refractivity (Wildman–Crippen MR) is 98.3 cm³/mol. The van der Waals surface area contributed by atoms with E-state index >= 15 is 0 Å². The largest absolute Gasteiger partial charge is 0.348 e. The number of hydrogen-bond acceptors (Lipinski definition) is 5. The Bertz CT molecular complexity index is 646. The first-order valence-corrected chi connectivity index (χ1v) is 9.36. The quantitative estimate of drug-likeness (QED) is 0.788. The van der Waals surface area contributed by atoms with Crippen molar-refractivity contribution in [3.63, 3.8) is 0 Å². The number of thiophene rings is 1. The van der Waals surface area contributed by atoms with Crippen LogP contribution in [0.5, 0.6) is 0 Å². The van der Waals surface area contributed by atoms with Crippen LogP contribution in [0.15, 0.2) is 21.3 Å². The van der Waals surface area contributed by atoms with Crippen LogP contribution in [0.1, 0.15) is 30.3 Å². The zero-order valence-electron chi connectivity index (χ0n) is 12.0. The molecular weight excluding hydrogens is 406 g/mol. The zero-order valence-corrected chi connectivity index (χ0v) is 16.0. The van der Waals surface area contributed by atoms with Crippen molar-refractivity contribution in [1.82, 2.24) is 15.6 Å². The summed E-state index contributed by atoms with van der Waals surface area (Å²) in [5, 5.41) is 9.21. The monoisotopic (exact) mass is 421 g/mol. The average molecular weight is 423 g/mol. The molecule has 2 unspecified atom stereocenters. The summed E-state index contributed by atoms with van der Waals surface area (Å²) in [4.78, 5) is 17.8. The van der Waals surface area contributed by atoms with Crippen LogP contribution < -0.4 is 10.6 Å². The van der Waals surface area contributed by atoms with E-state index in [4.69, 9.17) is 0 Å². The molecule has 2 aromatic heterocycles. The number of carbonyl (C=O) groups excluding carboxylic acids is 1. The van der Waals surface area contributed by atoms with Gasteiger partial charge in [-0.3, -0.25) is 4.79 Å². The van der Waals surface area contributed by atoms with Gasteiger partial charge in [-0.15, -0.1) is 35.1 Å². The fourth-order valence-electron chi connectivity index (χ4n) is 2.44. The summed E-state index contributed by atoms with van der Waals surface area (Å²) in [7, 11) is 0. The van der Waals surface area contributed by atoms with Crippen molar-refractivity contribution in [2.45, 2.75) is 31.8 Å². The molecule has 120 valence electrons. The summed E-state index contributed by atoms with van der Waals surface area (Å²) in [6, 6.07) is 4.72. The SMILES string of the molecule is CC1CC(NC(=O)c2csc(-c3ccc(Br)s3)n2)CCN1.Cl. The van der Waals surface area contributed by atoms with E-state index in [9.17, 15) is 4.79 Å². The standard InChI is InChI=1S/C14H16BrN3OS2.ClH/c1-8-6-9(4-5-16-8)17-13(19)10-7-20-14(18-10)11-2-3-12(15)21-11;/h2-3,7-9,16H,4-6H2,1H3,(H,17,19);1H. The van der Waals surface area contributed by atoms with Crippen LogP contribution in [0.25, 0.3) is 9.88 Å². The molecule has 0 aliphatic carbocycles. The lowest BCUT2D eigenvalue weighted by Gasteiger charge is -2.28. The number of amides is 1. The minimum atomic E-state index is -0.0628. The van der Waals surface area contributed by atoms with Crippen LogP contribution >= 0.6 is 51.0 Å². The van der Waals surface area contributed by atoms with E-state index < -0.39 is 0 Å². The number of nitrogens with one attached hydrogen (secondary N) is 2. The van der Waals surface area contributed by atoms with Crippen molar-refractivity contribution in [2.24, 2.45) is 0 Å². The Balaban J connectivity index is 0.00000176. The Labute approximate surface area is 152 Å². The molecule has 22 heavy (non-hydrogen) atoms. The van der Waals surface area contributed by atoms with E-state index in [1.807, 2.05) is 17.5 Å². The van der Waals surface area contributed by atoms with Gasteiger partial charge in [0, 0.05) is 17.5 Å². The van der Waals surface area contributed by atoms with Crippen LogP contribution in [-0.2, 0) is 0 Å². The maximum absolute atomic E-state index is 12.3. The summed E-state index contributed by atoms with van der Waals surface area (Å²) >= 11 is 6.59. The van der Waals surface area contributed by atoms with Gasteiger partial charge in [0.2, 0.25) is 0 Å². The molecule has 2 atom stereocenters. The summed E-state index contributed by atoms with van der Waals surface area (Å²) in [6.07, 6.45) is 1.95. The summed E-state index contributed by atoms with van der Waals surface area (Å²) < 4.78 is 1.07. The van der Waals surface area contributed by atoms with E-state index in [0.29, 0.717) is 11.7 Å². The number of rotatable bonds is 3. The number of piperidine rings is 1. The molecule has 2 aromatic rings. The molecular formula is C14H17BrClN3OS2. The highest BCUT2D eigenvalue weighted by atomic mass is 79.9. The number of carbonyl (C=O) groups is 1. The maximum Gasteiger partial charge on any atom is 0.270 e. The fourth-order valence-corrected chi connectivity index (χ4v) is 4.70. The van der Waals surface area contributed by atoms with E-state index in [-0.39, 0.29) is 24.4 Å². The van der Waals surface area contributed by atoms with Crippen molar-refractivity contribution < 1.29 is 4.79 Å². The minimum Gasteiger partial charge on any atom is -0.348 e. The van der Waals surface area contributed by atoms with Crippen molar-refractivity contribution >= 4 is 56.9 Å². The summed E-state index contributed by atoms with van der Waals surface area (Å²) in [6.45, 7) is 3.10. The molecule has 0 aromatic carbocycles. The van der Waals surface area contributed by atoms with E-state index in [1.54, 1.807) is 11.3 Å². The second-order valence-corrected chi connectivity index (χ2v) is 8.51. The van der Waals surface area contributed by atoms with Gasteiger partial charge in [0.1, 0.15) is 10.7 Å². The molecule has 3 heterocycles. The van der Waals surface area contributed by atoms with Crippen molar-refractivity contribution in [1.29, 1.82) is 0 Å². The lowest BCUT2D eigenvalue weighted by atomic mass is 10.0. The molecule has 1 aliphatic rings. The molecule has 0 radical (unpaired) electrons. The lowest BCUT2D eigenvalue weighted by Crippen LogP contribution is -2.46. The first kappa shape index (κ1) is 17.9.